The first-order chi connectivity index (χ1) is 8.67. The molecule has 2 atom stereocenters. The van der Waals surface area contributed by atoms with Gasteiger partial charge in [-0.1, -0.05) is 33.1 Å². The molecule has 0 radical (unpaired) electrons. The third-order valence-electron chi connectivity index (χ3n) is 4.51. The molecule has 0 aliphatic carbocycles. The fraction of sp³-hybridized carbons (Fsp3) is 1.00. The highest BCUT2D eigenvalue weighted by atomic mass is 15.1. The molecule has 0 aromatic heterocycles. The number of unbranched alkanes of at least 4 members (excludes halogenated alkanes) is 1. The summed E-state index contributed by atoms with van der Waals surface area (Å²) in [7, 11) is 2.25. The fourth-order valence-electron chi connectivity index (χ4n) is 3.15. The van der Waals surface area contributed by atoms with Crippen molar-refractivity contribution in [2.75, 3.05) is 20.1 Å². The Kier molecular flexibility index (Phi) is 7.92. The molecule has 18 heavy (non-hydrogen) atoms. The highest BCUT2D eigenvalue weighted by Crippen LogP contribution is 2.21. The van der Waals surface area contributed by atoms with Crippen LogP contribution in [0.4, 0.5) is 0 Å². The summed E-state index contributed by atoms with van der Waals surface area (Å²) in [5.41, 5.74) is 0. The Bertz CT molecular complexity index is 197. The molecule has 1 saturated heterocycles. The van der Waals surface area contributed by atoms with Gasteiger partial charge in [0.1, 0.15) is 0 Å². The maximum Gasteiger partial charge on any atom is 0.00705 e. The van der Waals surface area contributed by atoms with Gasteiger partial charge in [-0.15, -0.1) is 0 Å². The fourth-order valence-corrected chi connectivity index (χ4v) is 3.15. The predicted molar refractivity (Wildman–Crippen MR) is 81.0 cm³/mol. The number of nitrogens with one attached hydrogen (secondary N) is 1. The molecule has 0 saturated carbocycles. The largest absolute Gasteiger partial charge is 0.311 e. The predicted octanol–water partition coefficient (Wildman–Crippen LogP) is 3.67. The molecule has 0 aromatic carbocycles. The van der Waals surface area contributed by atoms with Crippen molar-refractivity contribution in [2.24, 2.45) is 5.92 Å². The van der Waals surface area contributed by atoms with Crippen molar-refractivity contribution >= 4 is 0 Å². The normalized spacial score (nSPS) is 22.0. The summed E-state index contributed by atoms with van der Waals surface area (Å²) in [6, 6.07) is 1.46. The van der Waals surface area contributed by atoms with Crippen LogP contribution in [-0.4, -0.2) is 37.1 Å². The molecular formula is C16H34N2. The molecule has 1 rings (SSSR count). The summed E-state index contributed by atoms with van der Waals surface area (Å²) >= 11 is 0. The van der Waals surface area contributed by atoms with Crippen LogP contribution >= 0.6 is 0 Å². The van der Waals surface area contributed by atoms with Crippen molar-refractivity contribution in [1.29, 1.82) is 0 Å². The second-order valence-electron chi connectivity index (χ2n) is 6.22. The van der Waals surface area contributed by atoms with E-state index in [1.807, 2.05) is 0 Å². The summed E-state index contributed by atoms with van der Waals surface area (Å²) in [5, 5.41) is 3.92. The molecular weight excluding hydrogens is 220 g/mol. The van der Waals surface area contributed by atoms with Crippen LogP contribution in [0.2, 0.25) is 0 Å². The lowest BCUT2D eigenvalue weighted by molar-refractivity contribution is 0.181. The van der Waals surface area contributed by atoms with Gasteiger partial charge in [-0.25, -0.2) is 0 Å². The van der Waals surface area contributed by atoms with E-state index in [9.17, 15) is 0 Å². The molecule has 0 bridgehead atoms. The van der Waals surface area contributed by atoms with E-state index in [1.54, 1.807) is 0 Å². The molecule has 0 spiro atoms. The van der Waals surface area contributed by atoms with Crippen molar-refractivity contribution < 1.29 is 0 Å². The van der Waals surface area contributed by atoms with Gasteiger partial charge in [0.15, 0.2) is 0 Å². The standard InChI is InChI=1S/C16H34N2/c1-5-7-9-16(8-6-2)17-14(3)15-10-12-18(4)13-11-15/h14-17H,5-13H2,1-4H3. The average Bonchev–Trinajstić information content (AvgIpc) is 2.37. The van der Waals surface area contributed by atoms with Crippen LogP contribution in [0.5, 0.6) is 0 Å². The van der Waals surface area contributed by atoms with Gasteiger partial charge in [-0.3, -0.25) is 0 Å². The third kappa shape index (κ3) is 5.71. The van der Waals surface area contributed by atoms with Crippen LogP contribution in [0, 0.1) is 5.92 Å². The van der Waals surface area contributed by atoms with E-state index in [-0.39, 0.29) is 0 Å². The topological polar surface area (TPSA) is 15.3 Å². The zero-order chi connectivity index (χ0) is 13.4. The second kappa shape index (κ2) is 8.92. The van der Waals surface area contributed by atoms with Crippen molar-refractivity contribution in [2.45, 2.75) is 77.8 Å². The van der Waals surface area contributed by atoms with Crippen molar-refractivity contribution in [3.63, 3.8) is 0 Å². The first-order valence-corrected chi connectivity index (χ1v) is 8.11. The lowest BCUT2D eigenvalue weighted by atomic mass is 9.89. The Morgan fingerprint density at radius 3 is 2.33 bits per heavy atom. The molecule has 1 N–H and O–H groups in total. The highest BCUT2D eigenvalue weighted by molar-refractivity contribution is 4.81. The zero-order valence-corrected chi connectivity index (χ0v) is 13.0. The Morgan fingerprint density at radius 2 is 1.78 bits per heavy atom. The molecule has 2 heteroatoms. The van der Waals surface area contributed by atoms with Crippen LogP contribution in [0.25, 0.3) is 0 Å². The first-order valence-electron chi connectivity index (χ1n) is 8.11. The van der Waals surface area contributed by atoms with Gasteiger partial charge in [0.2, 0.25) is 0 Å². The molecule has 0 aromatic rings. The lowest BCUT2D eigenvalue weighted by Gasteiger charge is -2.35. The van der Waals surface area contributed by atoms with E-state index in [1.165, 1.54) is 58.0 Å². The zero-order valence-electron chi connectivity index (χ0n) is 13.0. The molecule has 1 fully saturated rings. The van der Waals surface area contributed by atoms with Gasteiger partial charge in [0, 0.05) is 12.1 Å². The smallest absolute Gasteiger partial charge is 0.00705 e. The number of nitrogens with zero attached hydrogens (tertiary/aromatic N) is 1. The quantitative estimate of drug-likeness (QED) is 0.711. The molecule has 108 valence electrons. The Labute approximate surface area is 115 Å². The monoisotopic (exact) mass is 254 g/mol. The number of likely N-dealkylation sites (tertiary alicyclic amines) is 1. The van der Waals surface area contributed by atoms with Gasteiger partial charge >= 0.3 is 0 Å². The number of rotatable bonds is 8. The van der Waals surface area contributed by atoms with E-state index < -0.39 is 0 Å². The average molecular weight is 254 g/mol. The minimum Gasteiger partial charge on any atom is -0.311 e. The number of hydrogen-bond donors (Lipinski definition) is 1. The number of hydrogen-bond acceptors (Lipinski definition) is 2. The molecule has 1 aliphatic heterocycles. The summed E-state index contributed by atoms with van der Waals surface area (Å²) < 4.78 is 0. The van der Waals surface area contributed by atoms with Gasteiger partial charge < -0.3 is 10.2 Å². The van der Waals surface area contributed by atoms with E-state index in [0.29, 0.717) is 6.04 Å². The lowest BCUT2D eigenvalue weighted by Crippen LogP contribution is -2.44. The maximum absolute atomic E-state index is 3.92. The van der Waals surface area contributed by atoms with E-state index in [0.717, 1.165) is 12.0 Å². The Morgan fingerprint density at radius 1 is 1.11 bits per heavy atom. The molecule has 1 heterocycles. The summed E-state index contributed by atoms with van der Waals surface area (Å²) in [6.07, 6.45) is 9.45. The number of piperidine rings is 1. The van der Waals surface area contributed by atoms with Gasteiger partial charge in [-0.05, 0) is 58.7 Å². The van der Waals surface area contributed by atoms with E-state index in [4.69, 9.17) is 0 Å². The van der Waals surface area contributed by atoms with Crippen molar-refractivity contribution in [3.05, 3.63) is 0 Å². The molecule has 2 nitrogen and oxygen atoms in total. The minimum atomic E-state index is 0.701. The summed E-state index contributed by atoms with van der Waals surface area (Å²) in [6.45, 7) is 9.57. The molecule has 2 unspecified atom stereocenters. The van der Waals surface area contributed by atoms with Crippen LogP contribution in [0.1, 0.15) is 65.7 Å². The molecule has 1 aliphatic rings. The van der Waals surface area contributed by atoms with Crippen molar-refractivity contribution in [3.8, 4) is 0 Å². The first kappa shape index (κ1) is 16.0. The Balaban J connectivity index is 2.32. The van der Waals surface area contributed by atoms with Gasteiger partial charge in [-0.2, -0.15) is 0 Å². The third-order valence-corrected chi connectivity index (χ3v) is 4.51. The Hall–Kier alpha value is -0.0800. The van der Waals surface area contributed by atoms with Crippen LogP contribution < -0.4 is 5.32 Å². The van der Waals surface area contributed by atoms with Crippen LogP contribution in [0.3, 0.4) is 0 Å². The van der Waals surface area contributed by atoms with E-state index >= 15 is 0 Å². The summed E-state index contributed by atoms with van der Waals surface area (Å²) in [4.78, 5) is 2.46. The summed E-state index contributed by atoms with van der Waals surface area (Å²) in [5.74, 6) is 0.891. The second-order valence-corrected chi connectivity index (χ2v) is 6.22. The highest BCUT2D eigenvalue weighted by Gasteiger charge is 2.23. The van der Waals surface area contributed by atoms with Crippen molar-refractivity contribution in [1.82, 2.24) is 10.2 Å². The van der Waals surface area contributed by atoms with Gasteiger partial charge in [0.25, 0.3) is 0 Å². The van der Waals surface area contributed by atoms with Crippen LogP contribution in [-0.2, 0) is 0 Å². The van der Waals surface area contributed by atoms with E-state index in [2.05, 4.69) is 38.0 Å². The minimum absolute atomic E-state index is 0.701. The maximum atomic E-state index is 3.92. The van der Waals surface area contributed by atoms with Crippen LogP contribution in [0.15, 0.2) is 0 Å². The SMILES string of the molecule is CCCCC(CCC)NC(C)C1CCN(C)CC1. The van der Waals surface area contributed by atoms with Gasteiger partial charge in [0.05, 0.1) is 0 Å². The molecule has 0 amide bonds.